The molecule has 1 aliphatic heterocycles. The lowest BCUT2D eigenvalue weighted by atomic mass is 10.1. The van der Waals surface area contributed by atoms with Gasteiger partial charge in [0.15, 0.2) is 0 Å². The summed E-state index contributed by atoms with van der Waals surface area (Å²) in [7, 11) is 1.20. The predicted molar refractivity (Wildman–Crippen MR) is 70.8 cm³/mol. The van der Waals surface area contributed by atoms with Gasteiger partial charge in [0, 0.05) is 19.0 Å². The Morgan fingerprint density at radius 3 is 2.65 bits per heavy atom. The SMILES string of the molecule is COC(=O)c1cc(N2CCCC2=O)c(C)c([N+](=O)[O-])c1. The van der Waals surface area contributed by atoms with Crippen LogP contribution in [0.4, 0.5) is 11.4 Å². The molecule has 1 aromatic carbocycles. The van der Waals surface area contributed by atoms with E-state index in [2.05, 4.69) is 4.74 Å². The molecule has 1 fully saturated rings. The molecule has 0 spiro atoms. The maximum absolute atomic E-state index is 11.8. The van der Waals surface area contributed by atoms with Gasteiger partial charge < -0.3 is 9.64 Å². The minimum atomic E-state index is -0.666. The first kappa shape index (κ1) is 14.0. The van der Waals surface area contributed by atoms with E-state index < -0.39 is 10.9 Å². The van der Waals surface area contributed by atoms with Crippen LogP contribution in [0.25, 0.3) is 0 Å². The Morgan fingerprint density at radius 1 is 1.45 bits per heavy atom. The third-order valence-electron chi connectivity index (χ3n) is 3.33. The van der Waals surface area contributed by atoms with Crippen LogP contribution in [0.3, 0.4) is 0 Å². The van der Waals surface area contributed by atoms with Crippen molar-refractivity contribution < 1.29 is 19.2 Å². The second-order valence-electron chi connectivity index (χ2n) is 4.54. The maximum atomic E-state index is 11.8. The van der Waals surface area contributed by atoms with Crippen molar-refractivity contribution >= 4 is 23.3 Å². The zero-order chi connectivity index (χ0) is 14.9. The highest BCUT2D eigenvalue weighted by Gasteiger charge is 2.28. The van der Waals surface area contributed by atoms with Gasteiger partial charge >= 0.3 is 5.97 Å². The highest BCUT2D eigenvalue weighted by molar-refractivity contribution is 5.99. The lowest BCUT2D eigenvalue weighted by Gasteiger charge is -2.19. The molecule has 0 bridgehead atoms. The number of hydrogen-bond donors (Lipinski definition) is 0. The summed E-state index contributed by atoms with van der Waals surface area (Å²) in [6, 6.07) is 2.64. The first-order chi connectivity index (χ1) is 9.45. The topological polar surface area (TPSA) is 89.8 Å². The quantitative estimate of drug-likeness (QED) is 0.478. The van der Waals surface area contributed by atoms with Crippen LogP contribution < -0.4 is 4.90 Å². The molecule has 1 heterocycles. The summed E-state index contributed by atoms with van der Waals surface area (Å²) in [6.45, 7) is 2.07. The summed E-state index contributed by atoms with van der Waals surface area (Å²) >= 11 is 0. The van der Waals surface area contributed by atoms with Crippen LogP contribution in [0.15, 0.2) is 12.1 Å². The molecule has 0 aromatic heterocycles. The molecule has 0 saturated carbocycles. The molecule has 1 aliphatic rings. The molecule has 0 N–H and O–H groups in total. The summed E-state index contributed by atoms with van der Waals surface area (Å²) in [5.41, 5.74) is 0.655. The molecule has 0 unspecified atom stereocenters. The lowest BCUT2D eigenvalue weighted by Crippen LogP contribution is -2.25. The Hall–Kier alpha value is -2.44. The monoisotopic (exact) mass is 278 g/mol. The summed E-state index contributed by atoms with van der Waals surface area (Å²) < 4.78 is 4.59. The predicted octanol–water partition coefficient (Wildman–Crippen LogP) is 1.82. The Kier molecular flexibility index (Phi) is 3.69. The third kappa shape index (κ3) is 2.34. The van der Waals surface area contributed by atoms with Crippen LogP contribution in [-0.4, -0.2) is 30.5 Å². The molecule has 7 nitrogen and oxygen atoms in total. The van der Waals surface area contributed by atoms with Gasteiger partial charge in [-0.1, -0.05) is 0 Å². The lowest BCUT2D eigenvalue weighted by molar-refractivity contribution is -0.385. The van der Waals surface area contributed by atoms with Crippen molar-refractivity contribution in [1.82, 2.24) is 0 Å². The van der Waals surface area contributed by atoms with Crippen molar-refractivity contribution in [3.8, 4) is 0 Å². The Labute approximate surface area is 115 Å². The van der Waals surface area contributed by atoms with Crippen molar-refractivity contribution in [2.24, 2.45) is 0 Å². The molecular formula is C13H14N2O5. The molecule has 7 heteroatoms. The highest BCUT2D eigenvalue weighted by Crippen LogP contribution is 2.33. The molecule has 1 saturated heterocycles. The first-order valence-corrected chi connectivity index (χ1v) is 6.13. The summed E-state index contributed by atoms with van der Waals surface area (Å²) in [6.07, 6.45) is 1.12. The zero-order valence-corrected chi connectivity index (χ0v) is 11.2. The number of hydrogen-bond acceptors (Lipinski definition) is 5. The van der Waals surface area contributed by atoms with E-state index in [1.54, 1.807) is 6.92 Å². The fourth-order valence-electron chi connectivity index (χ4n) is 2.29. The minimum Gasteiger partial charge on any atom is -0.465 e. The Bertz CT molecular complexity index is 597. The van der Waals surface area contributed by atoms with Gasteiger partial charge in [-0.2, -0.15) is 0 Å². The van der Waals surface area contributed by atoms with E-state index in [-0.39, 0.29) is 17.2 Å². The van der Waals surface area contributed by atoms with Crippen LogP contribution >= 0.6 is 0 Å². The Balaban J connectivity index is 2.59. The fourth-order valence-corrected chi connectivity index (χ4v) is 2.29. The van der Waals surface area contributed by atoms with Crippen molar-refractivity contribution in [2.75, 3.05) is 18.6 Å². The van der Waals surface area contributed by atoms with E-state index >= 15 is 0 Å². The molecule has 1 amide bonds. The van der Waals surface area contributed by atoms with E-state index in [9.17, 15) is 19.7 Å². The van der Waals surface area contributed by atoms with Gasteiger partial charge in [-0.05, 0) is 19.4 Å². The molecule has 0 radical (unpaired) electrons. The van der Waals surface area contributed by atoms with Crippen LogP contribution in [0, 0.1) is 17.0 Å². The van der Waals surface area contributed by atoms with Gasteiger partial charge in [0.2, 0.25) is 5.91 Å². The van der Waals surface area contributed by atoms with Gasteiger partial charge in [-0.3, -0.25) is 14.9 Å². The number of anilines is 1. The number of nitro groups is 1. The molecule has 0 atom stereocenters. The molecule has 0 aliphatic carbocycles. The van der Waals surface area contributed by atoms with E-state index in [4.69, 9.17) is 0 Å². The fraction of sp³-hybridized carbons (Fsp3) is 0.385. The zero-order valence-electron chi connectivity index (χ0n) is 11.2. The van der Waals surface area contributed by atoms with Crippen LogP contribution in [0.1, 0.15) is 28.8 Å². The normalized spacial score (nSPS) is 14.5. The van der Waals surface area contributed by atoms with Crippen molar-refractivity contribution in [1.29, 1.82) is 0 Å². The number of benzene rings is 1. The number of amides is 1. The van der Waals surface area contributed by atoms with Gasteiger partial charge in [0.25, 0.3) is 5.69 Å². The second-order valence-corrected chi connectivity index (χ2v) is 4.54. The van der Waals surface area contributed by atoms with E-state index in [0.717, 1.165) is 0 Å². The van der Waals surface area contributed by atoms with Crippen molar-refractivity contribution in [2.45, 2.75) is 19.8 Å². The smallest absolute Gasteiger partial charge is 0.338 e. The van der Waals surface area contributed by atoms with E-state index in [1.807, 2.05) is 0 Å². The number of carbonyl (C=O) groups excluding carboxylic acids is 2. The number of ether oxygens (including phenoxy) is 1. The highest BCUT2D eigenvalue weighted by atomic mass is 16.6. The number of nitro benzene ring substituents is 1. The summed E-state index contributed by atoms with van der Waals surface area (Å²) in [4.78, 5) is 35.4. The average Bonchev–Trinajstić information content (AvgIpc) is 2.84. The number of esters is 1. The number of carbonyl (C=O) groups is 2. The summed E-state index contributed by atoms with van der Waals surface area (Å²) in [5.74, 6) is -0.759. The maximum Gasteiger partial charge on any atom is 0.338 e. The van der Waals surface area contributed by atoms with Crippen LogP contribution in [0.2, 0.25) is 0 Å². The Morgan fingerprint density at radius 2 is 2.15 bits per heavy atom. The molecule has 2 rings (SSSR count). The molecule has 20 heavy (non-hydrogen) atoms. The average molecular weight is 278 g/mol. The molecule has 106 valence electrons. The largest absolute Gasteiger partial charge is 0.465 e. The van der Waals surface area contributed by atoms with E-state index in [0.29, 0.717) is 30.6 Å². The van der Waals surface area contributed by atoms with Gasteiger partial charge in [-0.15, -0.1) is 0 Å². The van der Waals surface area contributed by atoms with Gasteiger partial charge in [0.1, 0.15) is 0 Å². The molecule has 1 aromatic rings. The number of nitrogens with zero attached hydrogens (tertiary/aromatic N) is 2. The van der Waals surface area contributed by atoms with Crippen LogP contribution in [0.5, 0.6) is 0 Å². The van der Waals surface area contributed by atoms with Gasteiger partial charge in [-0.25, -0.2) is 4.79 Å². The summed E-state index contributed by atoms with van der Waals surface area (Å²) in [5, 5.41) is 11.1. The van der Waals surface area contributed by atoms with Gasteiger partial charge in [0.05, 0.1) is 28.8 Å². The van der Waals surface area contributed by atoms with Crippen molar-refractivity contribution in [3.05, 3.63) is 33.4 Å². The third-order valence-corrected chi connectivity index (χ3v) is 3.33. The van der Waals surface area contributed by atoms with Crippen LogP contribution in [-0.2, 0) is 9.53 Å². The second kappa shape index (κ2) is 5.28. The first-order valence-electron chi connectivity index (χ1n) is 6.13. The van der Waals surface area contributed by atoms with Crippen molar-refractivity contribution in [3.63, 3.8) is 0 Å². The van der Waals surface area contributed by atoms with E-state index in [1.165, 1.54) is 24.1 Å². The standard InChI is InChI=1S/C13H14N2O5/c1-8-10(14-5-3-4-12(14)16)6-9(13(17)20-2)7-11(8)15(18)19/h6-7H,3-5H2,1-2H3. The minimum absolute atomic E-state index is 0.0690. The number of methoxy groups -OCH3 is 1. The molecular weight excluding hydrogens is 264 g/mol. The number of rotatable bonds is 3.